The highest BCUT2D eigenvalue weighted by Crippen LogP contribution is 2.21. The first-order valence-electron chi connectivity index (χ1n) is 11.3. The summed E-state index contributed by atoms with van der Waals surface area (Å²) >= 11 is 0. The van der Waals surface area contributed by atoms with Crippen LogP contribution in [-0.2, 0) is 39.1 Å². The van der Waals surface area contributed by atoms with Gasteiger partial charge in [0.2, 0.25) is 0 Å². The number of hydrogen-bond donors (Lipinski definition) is 3. The van der Waals surface area contributed by atoms with Gasteiger partial charge in [-0.2, -0.15) is 0 Å². The molecule has 0 heterocycles. The van der Waals surface area contributed by atoms with Crippen LogP contribution in [0.15, 0.2) is 91.0 Å². The van der Waals surface area contributed by atoms with Crippen LogP contribution in [0.1, 0.15) is 50.1 Å². The van der Waals surface area contributed by atoms with Gasteiger partial charge in [-0.1, -0.05) is 91.0 Å². The van der Waals surface area contributed by atoms with Crippen LogP contribution in [0.2, 0.25) is 0 Å². The molecule has 0 spiro atoms. The zero-order valence-electron chi connectivity index (χ0n) is 18.7. The first-order chi connectivity index (χ1) is 16.1. The van der Waals surface area contributed by atoms with E-state index in [1.165, 1.54) is 33.4 Å². The molecule has 0 aliphatic rings. The molecule has 168 valence electrons. The summed E-state index contributed by atoms with van der Waals surface area (Å²) in [7, 11) is 0. The molecule has 3 heteroatoms. The average molecular weight is 439 g/mol. The van der Waals surface area contributed by atoms with Gasteiger partial charge in [0.05, 0.1) is 19.8 Å². The normalized spacial score (nSPS) is 11.0. The topological polar surface area (TPSA) is 60.7 Å². The quantitative estimate of drug-likeness (QED) is 0.347. The molecule has 3 nitrogen and oxygen atoms in total. The molecule has 0 bridgehead atoms. The molecule has 4 aromatic rings. The van der Waals surface area contributed by atoms with Crippen LogP contribution in [0, 0.1) is 0 Å². The molecule has 0 saturated heterocycles. The van der Waals surface area contributed by atoms with Crippen LogP contribution in [0.5, 0.6) is 0 Å². The summed E-state index contributed by atoms with van der Waals surface area (Å²) in [6.07, 6.45) is 2.50. The molecule has 0 fully saturated rings. The molecule has 0 saturated carbocycles. The van der Waals surface area contributed by atoms with Crippen molar-refractivity contribution < 1.29 is 15.3 Å². The van der Waals surface area contributed by atoms with Crippen molar-refractivity contribution in [1.29, 1.82) is 0 Å². The van der Waals surface area contributed by atoms with E-state index in [0.717, 1.165) is 36.0 Å². The van der Waals surface area contributed by atoms with Crippen LogP contribution in [0.4, 0.5) is 0 Å². The second kappa shape index (κ2) is 11.1. The Morgan fingerprint density at radius 3 is 0.727 bits per heavy atom. The Morgan fingerprint density at radius 2 is 0.515 bits per heavy atom. The highest BCUT2D eigenvalue weighted by atomic mass is 16.3. The maximum Gasteiger partial charge on any atom is 0.0681 e. The third-order valence-electron chi connectivity index (χ3n) is 5.95. The van der Waals surface area contributed by atoms with Crippen molar-refractivity contribution in [3.05, 3.63) is 141 Å². The Labute approximate surface area is 195 Å². The van der Waals surface area contributed by atoms with Crippen molar-refractivity contribution in [2.75, 3.05) is 0 Å². The molecule has 4 rings (SSSR count). The largest absolute Gasteiger partial charge is 0.392 e. The van der Waals surface area contributed by atoms with E-state index >= 15 is 0 Å². The van der Waals surface area contributed by atoms with Crippen LogP contribution in [0.3, 0.4) is 0 Å². The van der Waals surface area contributed by atoms with E-state index in [1.54, 1.807) is 0 Å². The van der Waals surface area contributed by atoms with Gasteiger partial charge in [0.15, 0.2) is 0 Å². The van der Waals surface area contributed by atoms with Crippen LogP contribution < -0.4 is 0 Å². The molecule has 4 aromatic carbocycles. The Kier molecular flexibility index (Phi) is 7.69. The minimum atomic E-state index is 0.0596. The van der Waals surface area contributed by atoms with Gasteiger partial charge in [0.1, 0.15) is 0 Å². The maximum absolute atomic E-state index is 9.31. The molecule has 0 aliphatic heterocycles. The summed E-state index contributed by atoms with van der Waals surface area (Å²) in [4.78, 5) is 0. The lowest BCUT2D eigenvalue weighted by Crippen LogP contribution is -1.98. The highest BCUT2D eigenvalue weighted by molar-refractivity contribution is 5.39. The van der Waals surface area contributed by atoms with Crippen molar-refractivity contribution in [3.63, 3.8) is 0 Å². The fourth-order valence-corrected chi connectivity index (χ4v) is 4.14. The predicted molar refractivity (Wildman–Crippen MR) is 132 cm³/mol. The zero-order chi connectivity index (χ0) is 23.0. The number of rotatable bonds is 9. The number of aliphatic hydroxyl groups excluding tert-OH is 3. The summed E-state index contributed by atoms with van der Waals surface area (Å²) in [5.74, 6) is 0. The smallest absolute Gasteiger partial charge is 0.0681 e. The molecule has 0 aliphatic carbocycles. The van der Waals surface area contributed by atoms with E-state index in [0.29, 0.717) is 0 Å². The van der Waals surface area contributed by atoms with Crippen molar-refractivity contribution >= 4 is 0 Å². The Hall–Kier alpha value is -3.24. The third-order valence-corrected chi connectivity index (χ3v) is 5.95. The summed E-state index contributed by atoms with van der Waals surface area (Å²) in [5.41, 5.74) is 10.2. The molecule has 0 unspecified atom stereocenters. The van der Waals surface area contributed by atoms with E-state index < -0.39 is 0 Å². The minimum absolute atomic E-state index is 0.0596. The van der Waals surface area contributed by atoms with Gasteiger partial charge in [-0.3, -0.25) is 0 Å². The Balaban J connectivity index is 1.61. The van der Waals surface area contributed by atoms with E-state index in [9.17, 15) is 15.3 Å². The molecule has 0 radical (unpaired) electrons. The van der Waals surface area contributed by atoms with Gasteiger partial charge in [0, 0.05) is 0 Å². The molecule has 0 atom stereocenters. The van der Waals surface area contributed by atoms with Crippen LogP contribution in [-0.4, -0.2) is 15.3 Å². The molecule has 0 aromatic heterocycles. The minimum Gasteiger partial charge on any atom is -0.392 e. The molecular formula is C30H30O3. The molecule has 3 N–H and O–H groups in total. The van der Waals surface area contributed by atoms with E-state index in [2.05, 4.69) is 54.6 Å². The SMILES string of the molecule is OCc1ccc(Cc2cc(Cc3ccc(CO)cc3)cc(Cc3ccc(CO)cc3)c2)cc1. The van der Waals surface area contributed by atoms with Gasteiger partial charge in [-0.25, -0.2) is 0 Å². The molecule has 33 heavy (non-hydrogen) atoms. The van der Waals surface area contributed by atoms with Crippen molar-refractivity contribution in [3.8, 4) is 0 Å². The van der Waals surface area contributed by atoms with Crippen LogP contribution in [0.25, 0.3) is 0 Å². The van der Waals surface area contributed by atoms with Gasteiger partial charge >= 0.3 is 0 Å². The van der Waals surface area contributed by atoms with Crippen molar-refractivity contribution in [1.82, 2.24) is 0 Å². The van der Waals surface area contributed by atoms with Crippen LogP contribution >= 0.6 is 0 Å². The Morgan fingerprint density at radius 1 is 0.303 bits per heavy atom. The van der Waals surface area contributed by atoms with Gasteiger partial charge in [-0.05, 0) is 69.3 Å². The summed E-state index contributed by atoms with van der Waals surface area (Å²) in [5, 5.41) is 27.9. The average Bonchev–Trinajstić information content (AvgIpc) is 2.85. The van der Waals surface area contributed by atoms with E-state index in [4.69, 9.17) is 0 Å². The van der Waals surface area contributed by atoms with E-state index in [1.807, 2.05) is 36.4 Å². The standard InChI is InChI=1S/C30H30O3/c31-19-25-7-1-22(2-8-25)13-28-16-29(14-23-3-9-26(20-32)10-4-23)18-30(17-28)15-24-5-11-27(21-33)12-6-24/h1-12,16-18,31-33H,13-15,19-21H2. The first kappa shape index (κ1) is 22.9. The lowest BCUT2D eigenvalue weighted by atomic mass is 9.93. The second-order valence-electron chi connectivity index (χ2n) is 8.61. The van der Waals surface area contributed by atoms with Gasteiger partial charge < -0.3 is 15.3 Å². The van der Waals surface area contributed by atoms with Gasteiger partial charge in [0.25, 0.3) is 0 Å². The second-order valence-corrected chi connectivity index (χ2v) is 8.61. The van der Waals surface area contributed by atoms with E-state index in [-0.39, 0.29) is 19.8 Å². The number of benzene rings is 4. The Bertz CT molecular complexity index is 997. The monoisotopic (exact) mass is 438 g/mol. The lowest BCUT2D eigenvalue weighted by molar-refractivity contribution is 0.281. The first-order valence-corrected chi connectivity index (χ1v) is 11.3. The number of hydrogen-bond acceptors (Lipinski definition) is 3. The fraction of sp³-hybridized carbons (Fsp3) is 0.200. The summed E-state index contributed by atoms with van der Waals surface area (Å²) < 4.78 is 0. The predicted octanol–water partition coefficient (Wildman–Crippen LogP) is 4.94. The molecule has 0 amide bonds. The third kappa shape index (κ3) is 6.39. The fourth-order valence-electron chi connectivity index (χ4n) is 4.14. The highest BCUT2D eigenvalue weighted by Gasteiger charge is 2.06. The zero-order valence-corrected chi connectivity index (χ0v) is 18.7. The van der Waals surface area contributed by atoms with Gasteiger partial charge in [-0.15, -0.1) is 0 Å². The summed E-state index contributed by atoms with van der Waals surface area (Å²) in [6, 6.07) is 31.2. The number of aliphatic hydroxyl groups is 3. The maximum atomic E-state index is 9.31. The lowest BCUT2D eigenvalue weighted by Gasteiger charge is -2.12. The molecular weight excluding hydrogens is 408 g/mol. The van der Waals surface area contributed by atoms with Crippen molar-refractivity contribution in [2.45, 2.75) is 39.1 Å². The summed E-state index contributed by atoms with van der Waals surface area (Å²) in [6.45, 7) is 0.179. The van der Waals surface area contributed by atoms with Crippen molar-refractivity contribution in [2.24, 2.45) is 0 Å².